The van der Waals surface area contributed by atoms with E-state index in [2.05, 4.69) is 149 Å². The van der Waals surface area contributed by atoms with Crippen LogP contribution in [0.3, 0.4) is 0 Å². The van der Waals surface area contributed by atoms with E-state index in [1.165, 1.54) is 33.4 Å². The molecule has 0 heterocycles. The van der Waals surface area contributed by atoms with Crippen LogP contribution in [0.25, 0.3) is 0 Å². The molecule has 0 fully saturated rings. The number of nitrogens with zero attached hydrogens (tertiary/aromatic N) is 1. The van der Waals surface area contributed by atoms with E-state index in [0.717, 1.165) is 34.6 Å². The molecule has 0 saturated heterocycles. The number of hydrogen-bond acceptors (Lipinski definition) is 2. The van der Waals surface area contributed by atoms with E-state index >= 15 is 0 Å². The molecule has 41 heavy (non-hydrogen) atoms. The lowest BCUT2D eigenvalue weighted by atomic mass is 9.76. The van der Waals surface area contributed by atoms with Crippen molar-refractivity contribution in [2.24, 2.45) is 0 Å². The summed E-state index contributed by atoms with van der Waals surface area (Å²) in [6, 6.07) is 39.2. The van der Waals surface area contributed by atoms with Gasteiger partial charge in [-0.2, -0.15) is 0 Å². The predicted molar refractivity (Wildman–Crippen MR) is 174 cm³/mol. The molecule has 0 aliphatic rings. The van der Waals surface area contributed by atoms with Crippen LogP contribution in [0, 0.1) is 20.8 Å². The van der Waals surface area contributed by atoms with Crippen molar-refractivity contribution < 1.29 is 5.11 Å². The van der Waals surface area contributed by atoms with Gasteiger partial charge in [0.2, 0.25) is 0 Å². The minimum atomic E-state index is -0.168. The van der Waals surface area contributed by atoms with E-state index in [1.54, 1.807) is 0 Å². The summed E-state index contributed by atoms with van der Waals surface area (Å²) in [6.07, 6.45) is 1.69. The van der Waals surface area contributed by atoms with E-state index in [1.807, 2.05) is 6.92 Å². The third kappa shape index (κ3) is 5.93. The number of rotatable bonds is 8. The summed E-state index contributed by atoms with van der Waals surface area (Å²) in [7, 11) is 0. The second kappa shape index (κ2) is 11.7. The number of hydrogen-bond donors (Lipinski definition) is 1. The lowest BCUT2D eigenvalue weighted by Crippen LogP contribution is -2.19. The number of benzene rings is 5. The molecule has 0 spiro atoms. The zero-order valence-corrected chi connectivity index (χ0v) is 25.2. The molecule has 2 heteroatoms. The highest BCUT2D eigenvalue weighted by Gasteiger charge is 2.25. The predicted octanol–water partition coefficient (Wildman–Crippen LogP) is 10.3. The molecular formula is C39H41NO. The van der Waals surface area contributed by atoms with Crippen LogP contribution in [0.2, 0.25) is 0 Å². The molecule has 0 saturated carbocycles. The largest absolute Gasteiger partial charge is 0.507 e. The first-order valence-electron chi connectivity index (χ1n) is 14.6. The lowest BCUT2D eigenvalue weighted by Gasteiger charge is -2.28. The monoisotopic (exact) mass is 539 g/mol. The van der Waals surface area contributed by atoms with Gasteiger partial charge in [-0.25, -0.2) is 0 Å². The Balaban J connectivity index is 1.48. The molecule has 1 N–H and O–H groups in total. The minimum absolute atomic E-state index is 0.168. The quantitative estimate of drug-likeness (QED) is 0.212. The van der Waals surface area contributed by atoms with Crippen LogP contribution in [-0.4, -0.2) is 5.11 Å². The lowest BCUT2D eigenvalue weighted by molar-refractivity contribution is 0.464. The summed E-state index contributed by atoms with van der Waals surface area (Å²) in [6.45, 7) is 13.0. The van der Waals surface area contributed by atoms with Gasteiger partial charge in [0.15, 0.2) is 0 Å². The maximum atomic E-state index is 11.0. The van der Waals surface area contributed by atoms with Gasteiger partial charge in [0.1, 0.15) is 5.75 Å². The second-order valence-electron chi connectivity index (χ2n) is 11.8. The summed E-state index contributed by atoms with van der Waals surface area (Å²) in [5.74, 6) is 0.384. The highest BCUT2D eigenvalue weighted by molar-refractivity contribution is 5.77. The van der Waals surface area contributed by atoms with E-state index in [-0.39, 0.29) is 5.41 Å². The molecule has 0 bridgehead atoms. The molecule has 2 nitrogen and oxygen atoms in total. The Morgan fingerprint density at radius 2 is 1.17 bits per heavy atom. The molecule has 5 rings (SSSR count). The fourth-order valence-corrected chi connectivity index (χ4v) is 5.55. The van der Waals surface area contributed by atoms with Gasteiger partial charge >= 0.3 is 0 Å². The third-order valence-corrected chi connectivity index (χ3v) is 8.54. The van der Waals surface area contributed by atoms with Gasteiger partial charge in [-0.1, -0.05) is 93.6 Å². The molecule has 5 aromatic rings. The van der Waals surface area contributed by atoms with Crippen LogP contribution in [0.4, 0.5) is 17.1 Å². The van der Waals surface area contributed by atoms with Gasteiger partial charge in [0, 0.05) is 28.9 Å². The molecule has 5 aromatic carbocycles. The summed E-state index contributed by atoms with van der Waals surface area (Å²) in [4.78, 5) is 2.32. The molecule has 0 atom stereocenters. The molecule has 0 aliphatic carbocycles. The molecule has 0 aliphatic heterocycles. The summed E-state index contributed by atoms with van der Waals surface area (Å²) in [5, 5.41) is 11.0. The first-order valence-corrected chi connectivity index (χ1v) is 14.6. The molecule has 0 radical (unpaired) electrons. The third-order valence-electron chi connectivity index (χ3n) is 8.54. The van der Waals surface area contributed by atoms with Crippen molar-refractivity contribution in [2.45, 2.75) is 59.8 Å². The minimum Gasteiger partial charge on any atom is -0.507 e. The summed E-state index contributed by atoms with van der Waals surface area (Å²) >= 11 is 0. The van der Waals surface area contributed by atoms with Crippen LogP contribution < -0.4 is 4.90 Å². The fraction of sp³-hybridized carbons (Fsp3) is 0.231. The van der Waals surface area contributed by atoms with Gasteiger partial charge in [-0.05, 0) is 108 Å². The maximum absolute atomic E-state index is 11.0. The first kappa shape index (κ1) is 28.2. The van der Waals surface area contributed by atoms with Crippen LogP contribution in [-0.2, 0) is 18.3 Å². The molecule has 0 aromatic heterocycles. The van der Waals surface area contributed by atoms with E-state index in [0.29, 0.717) is 12.2 Å². The molecule has 208 valence electrons. The van der Waals surface area contributed by atoms with Gasteiger partial charge < -0.3 is 10.0 Å². The van der Waals surface area contributed by atoms with Gasteiger partial charge in [0.05, 0.1) is 0 Å². The summed E-state index contributed by atoms with van der Waals surface area (Å²) in [5.41, 5.74) is 12.6. The number of aryl methyl sites for hydroxylation is 4. The van der Waals surface area contributed by atoms with Crippen molar-refractivity contribution in [1.29, 1.82) is 0 Å². The van der Waals surface area contributed by atoms with Gasteiger partial charge in [-0.3, -0.25) is 0 Å². The van der Waals surface area contributed by atoms with Crippen molar-refractivity contribution in [3.63, 3.8) is 0 Å². The van der Waals surface area contributed by atoms with E-state index < -0.39 is 0 Å². The van der Waals surface area contributed by atoms with Crippen molar-refractivity contribution in [3.05, 3.63) is 154 Å². The van der Waals surface area contributed by atoms with Crippen molar-refractivity contribution in [2.75, 3.05) is 4.90 Å². The van der Waals surface area contributed by atoms with Crippen molar-refractivity contribution >= 4 is 17.1 Å². The Morgan fingerprint density at radius 3 is 1.76 bits per heavy atom. The topological polar surface area (TPSA) is 23.5 Å². The van der Waals surface area contributed by atoms with Gasteiger partial charge in [0.25, 0.3) is 0 Å². The fourth-order valence-electron chi connectivity index (χ4n) is 5.55. The number of anilines is 3. The molecule has 0 amide bonds. The molecule has 0 unspecified atom stereocenters. The Bertz CT molecular complexity index is 1630. The summed E-state index contributed by atoms with van der Waals surface area (Å²) < 4.78 is 0. The second-order valence-corrected chi connectivity index (χ2v) is 11.8. The van der Waals surface area contributed by atoms with Crippen LogP contribution in [0.1, 0.15) is 65.3 Å². The number of phenolic OH excluding ortho intramolecular Hbond substituents is 1. The molecular weight excluding hydrogens is 498 g/mol. The average molecular weight is 540 g/mol. The standard InChI is InChI=1S/C39H41NO/c1-7-30-14-19-35(20-15-30)40(37-18-13-27(2)28(3)24-37)36-21-16-31(17-22-36)25-32-26-34(23-29(4)38(32)41)39(5,6)33-11-9-8-10-12-33/h8-24,26,41H,7,25H2,1-6H3. The average Bonchev–Trinajstić information content (AvgIpc) is 2.99. The number of phenols is 1. The van der Waals surface area contributed by atoms with Gasteiger partial charge in [-0.15, -0.1) is 0 Å². The Labute approximate surface area is 245 Å². The van der Waals surface area contributed by atoms with Crippen LogP contribution in [0.15, 0.2) is 109 Å². The zero-order valence-electron chi connectivity index (χ0n) is 25.2. The number of aromatic hydroxyl groups is 1. The van der Waals surface area contributed by atoms with Crippen molar-refractivity contribution in [3.8, 4) is 5.75 Å². The first-order chi connectivity index (χ1) is 19.7. The maximum Gasteiger partial charge on any atom is 0.122 e. The highest BCUT2D eigenvalue weighted by atomic mass is 16.3. The SMILES string of the molecule is CCc1ccc(N(c2ccc(Cc3cc(C(C)(C)c4ccccc4)cc(C)c3O)cc2)c2ccc(C)c(C)c2)cc1. The normalized spacial score (nSPS) is 11.5. The Morgan fingerprint density at radius 1 is 0.585 bits per heavy atom. The smallest absolute Gasteiger partial charge is 0.122 e. The van der Waals surface area contributed by atoms with E-state index in [9.17, 15) is 5.11 Å². The van der Waals surface area contributed by atoms with Crippen molar-refractivity contribution in [1.82, 2.24) is 0 Å². The van der Waals surface area contributed by atoms with Crippen LogP contribution in [0.5, 0.6) is 5.75 Å². The zero-order chi connectivity index (χ0) is 29.1. The van der Waals surface area contributed by atoms with E-state index in [4.69, 9.17) is 0 Å². The van der Waals surface area contributed by atoms with Crippen LogP contribution >= 0.6 is 0 Å². The highest BCUT2D eigenvalue weighted by Crippen LogP contribution is 2.38. The Hall–Kier alpha value is -4.30. The Kier molecular flexibility index (Phi) is 8.03.